The van der Waals surface area contributed by atoms with Gasteiger partial charge < -0.3 is 5.32 Å². The van der Waals surface area contributed by atoms with Gasteiger partial charge in [0.05, 0.1) is 6.42 Å². The third kappa shape index (κ3) is 5.56. The van der Waals surface area contributed by atoms with Crippen LogP contribution in [-0.4, -0.2) is 11.8 Å². The third-order valence-electron chi connectivity index (χ3n) is 3.50. The van der Waals surface area contributed by atoms with Crippen LogP contribution in [-0.2, 0) is 28.9 Å². The minimum atomic E-state index is -0.201. The highest BCUT2D eigenvalue weighted by atomic mass is 16.2. The molecule has 0 saturated carbocycles. The zero-order chi connectivity index (χ0) is 16.7. The maximum Gasteiger partial charge on any atom is 0.238 e. The first kappa shape index (κ1) is 16.7. The van der Waals surface area contributed by atoms with Gasteiger partial charge >= 0.3 is 0 Å². The van der Waals surface area contributed by atoms with Gasteiger partial charge in [-0.15, -0.1) is 0 Å². The van der Waals surface area contributed by atoms with Crippen LogP contribution in [0, 0.1) is 0 Å². The molecular weight excluding hydrogens is 290 g/mol. The summed E-state index contributed by atoms with van der Waals surface area (Å²) in [5.41, 5.74) is 6.25. The summed E-state index contributed by atoms with van der Waals surface area (Å²) in [5.74, 6) is 4.81. The van der Waals surface area contributed by atoms with Crippen molar-refractivity contribution >= 4 is 17.5 Å². The standard InChI is InChI=1S/C18H21N3O2/c1-13(22)20-17-4-2-3-15(11-17)8-5-14-6-9-16(10-7-14)12-18(23)21-19/h2-4,6-7,9-11H,5,8,12,19H2,1H3,(H,20,22)(H,21,23). The Bertz CT molecular complexity index is 681. The van der Waals surface area contributed by atoms with E-state index < -0.39 is 0 Å². The highest BCUT2D eigenvalue weighted by Crippen LogP contribution is 2.14. The molecule has 2 amide bonds. The summed E-state index contributed by atoms with van der Waals surface area (Å²) in [6.07, 6.45) is 2.07. The summed E-state index contributed by atoms with van der Waals surface area (Å²) in [6, 6.07) is 15.8. The Morgan fingerprint density at radius 1 is 0.957 bits per heavy atom. The molecule has 2 rings (SSSR count). The predicted octanol–water partition coefficient (Wildman–Crippen LogP) is 1.96. The van der Waals surface area contributed by atoms with Crippen LogP contribution in [0.1, 0.15) is 23.6 Å². The average Bonchev–Trinajstić information content (AvgIpc) is 2.54. The third-order valence-corrected chi connectivity index (χ3v) is 3.50. The smallest absolute Gasteiger partial charge is 0.238 e. The van der Waals surface area contributed by atoms with E-state index in [0.29, 0.717) is 0 Å². The SMILES string of the molecule is CC(=O)Nc1cccc(CCc2ccc(CC(=O)NN)cc2)c1. The lowest BCUT2D eigenvalue weighted by molar-refractivity contribution is -0.120. The number of carbonyl (C=O) groups is 2. The van der Waals surface area contributed by atoms with Gasteiger partial charge in [-0.25, -0.2) is 5.84 Å². The number of amides is 2. The molecule has 0 aliphatic rings. The maximum atomic E-state index is 11.2. The number of aryl methyl sites for hydroxylation is 2. The molecule has 2 aromatic rings. The topological polar surface area (TPSA) is 84.2 Å². The highest BCUT2D eigenvalue weighted by Gasteiger charge is 2.02. The number of nitrogens with two attached hydrogens (primary N) is 1. The minimum Gasteiger partial charge on any atom is -0.326 e. The lowest BCUT2D eigenvalue weighted by Gasteiger charge is -2.07. The molecule has 0 fully saturated rings. The van der Waals surface area contributed by atoms with Crippen LogP contribution in [0.5, 0.6) is 0 Å². The molecule has 0 atom stereocenters. The van der Waals surface area contributed by atoms with Gasteiger partial charge in [-0.2, -0.15) is 0 Å². The van der Waals surface area contributed by atoms with Crippen LogP contribution in [0.2, 0.25) is 0 Å². The molecule has 0 heterocycles. The van der Waals surface area contributed by atoms with E-state index in [2.05, 4.69) is 10.7 Å². The summed E-state index contributed by atoms with van der Waals surface area (Å²) in [4.78, 5) is 22.3. The second kappa shape index (κ2) is 8.10. The summed E-state index contributed by atoms with van der Waals surface area (Å²) < 4.78 is 0. The first-order valence-electron chi connectivity index (χ1n) is 7.50. The van der Waals surface area contributed by atoms with Crippen LogP contribution >= 0.6 is 0 Å². The van der Waals surface area contributed by atoms with E-state index in [9.17, 15) is 9.59 Å². The Kier molecular flexibility index (Phi) is 5.88. The van der Waals surface area contributed by atoms with Crippen LogP contribution < -0.4 is 16.6 Å². The molecule has 0 radical (unpaired) electrons. The van der Waals surface area contributed by atoms with Crippen molar-refractivity contribution in [2.45, 2.75) is 26.2 Å². The van der Waals surface area contributed by atoms with Crippen molar-refractivity contribution in [1.29, 1.82) is 0 Å². The first-order valence-corrected chi connectivity index (χ1v) is 7.50. The number of carbonyl (C=O) groups excluding carboxylic acids is 2. The summed E-state index contributed by atoms with van der Waals surface area (Å²) in [6.45, 7) is 1.50. The van der Waals surface area contributed by atoms with E-state index >= 15 is 0 Å². The average molecular weight is 311 g/mol. The molecule has 23 heavy (non-hydrogen) atoms. The van der Waals surface area contributed by atoms with Crippen molar-refractivity contribution in [3.05, 3.63) is 65.2 Å². The van der Waals surface area contributed by atoms with E-state index in [1.165, 1.54) is 18.1 Å². The van der Waals surface area contributed by atoms with Crippen molar-refractivity contribution in [2.75, 3.05) is 5.32 Å². The van der Waals surface area contributed by atoms with Gasteiger partial charge in [-0.05, 0) is 41.7 Å². The first-order chi connectivity index (χ1) is 11.1. The molecular formula is C18H21N3O2. The molecule has 0 aliphatic carbocycles. The Hall–Kier alpha value is -2.66. The second-order valence-electron chi connectivity index (χ2n) is 5.44. The molecule has 2 aromatic carbocycles. The zero-order valence-corrected chi connectivity index (χ0v) is 13.1. The molecule has 0 unspecified atom stereocenters. The van der Waals surface area contributed by atoms with Gasteiger partial charge in [0, 0.05) is 12.6 Å². The number of hydrogen-bond acceptors (Lipinski definition) is 3. The van der Waals surface area contributed by atoms with Gasteiger partial charge in [0.2, 0.25) is 11.8 Å². The van der Waals surface area contributed by atoms with Gasteiger partial charge in [-0.1, -0.05) is 36.4 Å². The Morgan fingerprint density at radius 2 is 1.61 bits per heavy atom. The van der Waals surface area contributed by atoms with Crippen LogP contribution in [0.3, 0.4) is 0 Å². The number of anilines is 1. The summed E-state index contributed by atoms with van der Waals surface area (Å²) in [5, 5.41) is 2.79. The molecule has 0 aliphatic heterocycles. The van der Waals surface area contributed by atoms with Crippen LogP contribution in [0.4, 0.5) is 5.69 Å². The largest absolute Gasteiger partial charge is 0.326 e. The monoisotopic (exact) mass is 311 g/mol. The molecule has 5 heteroatoms. The number of hydrazine groups is 1. The highest BCUT2D eigenvalue weighted by molar-refractivity contribution is 5.88. The molecule has 0 saturated heterocycles. The van der Waals surface area contributed by atoms with E-state index in [4.69, 9.17) is 5.84 Å². The van der Waals surface area contributed by atoms with Gasteiger partial charge in [0.25, 0.3) is 0 Å². The Morgan fingerprint density at radius 3 is 2.26 bits per heavy atom. The van der Waals surface area contributed by atoms with Crippen LogP contribution in [0.15, 0.2) is 48.5 Å². The molecule has 4 N–H and O–H groups in total. The molecule has 5 nitrogen and oxygen atoms in total. The number of benzene rings is 2. The second-order valence-corrected chi connectivity index (χ2v) is 5.44. The Balaban J connectivity index is 1.93. The minimum absolute atomic E-state index is 0.0701. The zero-order valence-electron chi connectivity index (χ0n) is 13.1. The molecule has 0 bridgehead atoms. The molecule has 0 aromatic heterocycles. The molecule has 120 valence electrons. The van der Waals surface area contributed by atoms with E-state index in [1.54, 1.807) is 0 Å². The summed E-state index contributed by atoms with van der Waals surface area (Å²) >= 11 is 0. The van der Waals surface area contributed by atoms with Crippen molar-refractivity contribution < 1.29 is 9.59 Å². The fourth-order valence-corrected chi connectivity index (χ4v) is 2.36. The predicted molar refractivity (Wildman–Crippen MR) is 90.6 cm³/mol. The lowest BCUT2D eigenvalue weighted by Crippen LogP contribution is -2.31. The lowest BCUT2D eigenvalue weighted by atomic mass is 10.0. The van der Waals surface area contributed by atoms with Crippen molar-refractivity contribution in [3.8, 4) is 0 Å². The van der Waals surface area contributed by atoms with E-state index in [0.717, 1.165) is 24.1 Å². The maximum absolute atomic E-state index is 11.2. The van der Waals surface area contributed by atoms with Crippen molar-refractivity contribution in [3.63, 3.8) is 0 Å². The van der Waals surface area contributed by atoms with E-state index in [-0.39, 0.29) is 18.2 Å². The van der Waals surface area contributed by atoms with Gasteiger partial charge in [0.15, 0.2) is 0 Å². The number of nitrogens with one attached hydrogen (secondary N) is 2. The summed E-state index contributed by atoms with van der Waals surface area (Å²) in [7, 11) is 0. The quantitative estimate of drug-likeness (QED) is 0.433. The van der Waals surface area contributed by atoms with Gasteiger partial charge in [0.1, 0.15) is 0 Å². The number of hydrogen-bond donors (Lipinski definition) is 3. The normalized spacial score (nSPS) is 10.2. The Labute approximate surface area is 135 Å². The van der Waals surface area contributed by atoms with Crippen molar-refractivity contribution in [2.24, 2.45) is 5.84 Å². The van der Waals surface area contributed by atoms with Crippen LogP contribution in [0.25, 0.3) is 0 Å². The van der Waals surface area contributed by atoms with E-state index in [1.807, 2.05) is 48.5 Å². The fourth-order valence-electron chi connectivity index (χ4n) is 2.36. The van der Waals surface area contributed by atoms with Crippen molar-refractivity contribution in [1.82, 2.24) is 5.43 Å². The van der Waals surface area contributed by atoms with Gasteiger partial charge in [-0.3, -0.25) is 15.0 Å². The fraction of sp³-hybridized carbons (Fsp3) is 0.222. The molecule has 0 spiro atoms. The number of rotatable bonds is 6.